The molecule has 0 saturated heterocycles. The van der Waals surface area contributed by atoms with Crippen LogP contribution in [0.4, 0.5) is 5.69 Å². The van der Waals surface area contributed by atoms with Crippen LogP contribution in [-0.2, 0) is 9.59 Å². The predicted octanol–water partition coefficient (Wildman–Crippen LogP) is 5.34. The molecule has 0 spiro atoms. The Labute approximate surface area is 190 Å². The zero-order chi connectivity index (χ0) is 22.7. The molecule has 2 amide bonds. The summed E-state index contributed by atoms with van der Waals surface area (Å²) in [6.07, 6.45) is 4.31. The Morgan fingerprint density at radius 3 is 2.31 bits per heavy atom. The molecule has 1 aliphatic rings. The van der Waals surface area contributed by atoms with E-state index in [-0.39, 0.29) is 30.4 Å². The molecule has 166 valence electrons. The van der Waals surface area contributed by atoms with Crippen molar-refractivity contribution in [3.8, 4) is 5.69 Å². The van der Waals surface area contributed by atoms with Crippen molar-refractivity contribution in [1.82, 2.24) is 9.47 Å². The highest BCUT2D eigenvalue weighted by Crippen LogP contribution is 2.42. The van der Waals surface area contributed by atoms with Gasteiger partial charge in [0.15, 0.2) is 0 Å². The number of fused-ring (bicyclic) bond motifs is 3. The monoisotopic (exact) mass is 429 g/mol. The van der Waals surface area contributed by atoms with E-state index in [0.29, 0.717) is 6.42 Å². The Hall–Kier alpha value is -3.34. The van der Waals surface area contributed by atoms with Crippen molar-refractivity contribution in [2.75, 3.05) is 11.4 Å². The number of aromatic nitrogens is 1. The van der Waals surface area contributed by atoms with Crippen LogP contribution in [0.15, 0.2) is 72.9 Å². The smallest absolute Gasteiger partial charge is 0.247 e. The van der Waals surface area contributed by atoms with Crippen molar-refractivity contribution < 1.29 is 9.59 Å². The fraction of sp³-hybridized carbons (Fsp3) is 0.333. The zero-order valence-electron chi connectivity index (χ0n) is 19.1. The molecule has 4 rings (SSSR count). The van der Waals surface area contributed by atoms with Gasteiger partial charge in [0.1, 0.15) is 12.6 Å². The maximum atomic E-state index is 13.9. The number of anilines is 1. The number of unbranched alkanes of at least 4 members (excludes halogenated alkanes) is 1. The molecular weight excluding hydrogens is 398 g/mol. The van der Waals surface area contributed by atoms with Gasteiger partial charge in [-0.2, -0.15) is 0 Å². The van der Waals surface area contributed by atoms with Gasteiger partial charge < -0.3 is 9.47 Å². The number of hydrogen-bond donors (Lipinski definition) is 0. The number of carbonyl (C=O) groups excluding carboxylic acids is 2. The summed E-state index contributed by atoms with van der Waals surface area (Å²) in [5.74, 6) is -0.0302. The molecule has 32 heavy (non-hydrogen) atoms. The van der Waals surface area contributed by atoms with Gasteiger partial charge in [0.2, 0.25) is 11.8 Å². The van der Waals surface area contributed by atoms with E-state index in [0.717, 1.165) is 35.5 Å². The Kier molecular flexibility index (Phi) is 6.45. The van der Waals surface area contributed by atoms with Gasteiger partial charge >= 0.3 is 0 Å². The van der Waals surface area contributed by atoms with E-state index in [1.807, 2.05) is 73.5 Å². The van der Waals surface area contributed by atoms with Crippen LogP contribution in [0.5, 0.6) is 0 Å². The SMILES string of the molecule is CCCCC(=O)N(CC(=O)N1c2ccccc2-n2cccc2C1c1ccccc1)C(C)C. The minimum absolute atomic E-state index is 0.0395. The lowest BCUT2D eigenvalue weighted by atomic mass is 9.97. The van der Waals surface area contributed by atoms with Gasteiger partial charge in [-0.05, 0) is 50.1 Å². The molecule has 0 bridgehead atoms. The predicted molar refractivity (Wildman–Crippen MR) is 128 cm³/mol. The molecule has 0 radical (unpaired) electrons. The summed E-state index contributed by atoms with van der Waals surface area (Å²) in [5, 5.41) is 0. The number of carbonyl (C=O) groups is 2. The second-order valence-electron chi connectivity index (χ2n) is 8.59. The Morgan fingerprint density at radius 2 is 1.62 bits per heavy atom. The number of amides is 2. The van der Waals surface area contributed by atoms with Gasteiger partial charge in [0, 0.05) is 18.7 Å². The van der Waals surface area contributed by atoms with Gasteiger partial charge in [0.25, 0.3) is 0 Å². The first-order valence-electron chi connectivity index (χ1n) is 11.5. The minimum Gasteiger partial charge on any atom is -0.331 e. The third-order valence-corrected chi connectivity index (χ3v) is 6.10. The second kappa shape index (κ2) is 9.43. The van der Waals surface area contributed by atoms with Crippen LogP contribution in [0, 0.1) is 0 Å². The average Bonchev–Trinajstić information content (AvgIpc) is 3.30. The summed E-state index contributed by atoms with van der Waals surface area (Å²) in [7, 11) is 0. The Balaban J connectivity index is 1.76. The quantitative estimate of drug-likeness (QED) is 0.509. The maximum Gasteiger partial charge on any atom is 0.247 e. The van der Waals surface area contributed by atoms with Crippen molar-refractivity contribution in [2.24, 2.45) is 0 Å². The first-order chi connectivity index (χ1) is 15.5. The largest absolute Gasteiger partial charge is 0.331 e. The molecule has 0 aliphatic carbocycles. The van der Waals surface area contributed by atoms with Crippen molar-refractivity contribution in [2.45, 2.75) is 52.1 Å². The van der Waals surface area contributed by atoms with Crippen LogP contribution in [0.3, 0.4) is 0 Å². The Morgan fingerprint density at radius 1 is 0.938 bits per heavy atom. The standard InChI is InChI=1S/C27H31N3O2/c1-4-5-17-25(31)29(20(2)3)19-26(32)30-23-15-10-9-14-22(23)28-18-11-16-24(28)27(30)21-12-7-6-8-13-21/h6-16,18,20,27H,4-5,17,19H2,1-3H3. The fourth-order valence-corrected chi connectivity index (χ4v) is 4.47. The molecule has 0 N–H and O–H groups in total. The normalized spacial score (nSPS) is 14.8. The van der Waals surface area contributed by atoms with Gasteiger partial charge in [0.05, 0.1) is 17.1 Å². The summed E-state index contributed by atoms with van der Waals surface area (Å²) in [6, 6.07) is 21.9. The maximum absolute atomic E-state index is 13.9. The van der Waals surface area contributed by atoms with Gasteiger partial charge in [-0.25, -0.2) is 0 Å². The molecule has 1 atom stereocenters. The minimum atomic E-state index is -0.256. The second-order valence-corrected chi connectivity index (χ2v) is 8.59. The summed E-state index contributed by atoms with van der Waals surface area (Å²) in [4.78, 5) is 30.4. The van der Waals surface area contributed by atoms with E-state index in [2.05, 4.69) is 29.7 Å². The Bertz CT molecular complexity index is 1090. The van der Waals surface area contributed by atoms with E-state index in [1.54, 1.807) is 4.90 Å². The summed E-state index contributed by atoms with van der Waals surface area (Å²) >= 11 is 0. The highest BCUT2D eigenvalue weighted by molar-refractivity contribution is 6.00. The van der Waals surface area contributed by atoms with E-state index in [4.69, 9.17) is 0 Å². The van der Waals surface area contributed by atoms with E-state index >= 15 is 0 Å². The van der Waals surface area contributed by atoms with Crippen LogP contribution < -0.4 is 4.90 Å². The molecular formula is C27H31N3O2. The number of benzene rings is 2. The highest BCUT2D eigenvalue weighted by Gasteiger charge is 2.37. The number of hydrogen-bond acceptors (Lipinski definition) is 2. The fourth-order valence-electron chi connectivity index (χ4n) is 4.47. The van der Waals surface area contributed by atoms with Crippen molar-refractivity contribution in [3.05, 3.63) is 84.2 Å². The molecule has 1 aromatic heterocycles. The molecule has 1 unspecified atom stereocenters. The lowest BCUT2D eigenvalue weighted by Gasteiger charge is -2.40. The third-order valence-electron chi connectivity index (χ3n) is 6.10. The molecule has 5 heteroatoms. The van der Waals surface area contributed by atoms with E-state index in [1.165, 1.54) is 0 Å². The van der Waals surface area contributed by atoms with Crippen LogP contribution in [0.25, 0.3) is 5.69 Å². The van der Waals surface area contributed by atoms with E-state index < -0.39 is 0 Å². The van der Waals surface area contributed by atoms with E-state index in [9.17, 15) is 9.59 Å². The first-order valence-corrected chi connectivity index (χ1v) is 11.5. The van der Waals surface area contributed by atoms with Gasteiger partial charge in [-0.3, -0.25) is 14.5 Å². The van der Waals surface area contributed by atoms with Gasteiger partial charge in [-0.1, -0.05) is 55.8 Å². The topological polar surface area (TPSA) is 45.6 Å². The van der Waals surface area contributed by atoms with Crippen molar-refractivity contribution >= 4 is 17.5 Å². The molecule has 3 aromatic rings. The average molecular weight is 430 g/mol. The van der Waals surface area contributed by atoms with Crippen molar-refractivity contribution in [1.29, 1.82) is 0 Å². The lowest BCUT2D eigenvalue weighted by molar-refractivity contribution is -0.137. The molecule has 0 fully saturated rings. The molecule has 1 aliphatic heterocycles. The number of rotatable bonds is 7. The number of nitrogens with zero attached hydrogens (tertiary/aromatic N) is 3. The van der Waals surface area contributed by atoms with Gasteiger partial charge in [-0.15, -0.1) is 0 Å². The van der Waals surface area contributed by atoms with Crippen LogP contribution in [0.1, 0.15) is 57.3 Å². The van der Waals surface area contributed by atoms with Crippen LogP contribution in [-0.4, -0.2) is 33.9 Å². The summed E-state index contributed by atoms with van der Waals surface area (Å²) < 4.78 is 2.16. The molecule has 2 heterocycles. The summed E-state index contributed by atoms with van der Waals surface area (Å²) in [5.41, 5.74) is 3.92. The zero-order valence-corrected chi connectivity index (χ0v) is 19.1. The lowest BCUT2D eigenvalue weighted by Crippen LogP contribution is -2.48. The third kappa shape index (κ3) is 4.07. The summed E-state index contributed by atoms with van der Waals surface area (Å²) in [6.45, 7) is 6.09. The molecule has 5 nitrogen and oxygen atoms in total. The van der Waals surface area contributed by atoms with Crippen molar-refractivity contribution in [3.63, 3.8) is 0 Å². The number of para-hydroxylation sites is 2. The molecule has 2 aromatic carbocycles. The van der Waals surface area contributed by atoms with Crippen LogP contribution in [0.2, 0.25) is 0 Å². The first kappa shape index (κ1) is 21.9. The highest BCUT2D eigenvalue weighted by atomic mass is 16.2. The molecule has 0 saturated carbocycles. The van der Waals surface area contributed by atoms with Crippen LogP contribution >= 0.6 is 0 Å².